The summed E-state index contributed by atoms with van der Waals surface area (Å²) in [6.07, 6.45) is 5.12. The van der Waals surface area contributed by atoms with Crippen molar-refractivity contribution in [3.05, 3.63) is 0 Å². The summed E-state index contributed by atoms with van der Waals surface area (Å²) in [7, 11) is 1.73. The zero-order chi connectivity index (χ0) is 9.53. The van der Waals surface area contributed by atoms with Crippen molar-refractivity contribution in [2.24, 2.45) is 0 Å². The SMILES string of the molecule is COC12CCCCC1OC(C)(O)C2. The van der Waals surface area contributed by atoms with Gasteiger partial charge in [0.25, 0.3) is 0 Å². The number of ether oxygens (including phenoxy) is 2. The molecule has 3 atom stereocenters. The fraction of sp³-hybridized carbons (Fsp3) is 1.00. The van der Waals surface area contributed by atoms with Crippen LogP contribution in [0.1, 0.15) is 39.0 Å². The van der Waals surface area contributed by atoms with Gasteiger partial charge in [-0.05, 0) is 19.8 Å². The van der Waals surface area contributed by atoms with Gasteiger partial charge in [0.2, 0.25) is 0 Å². The van der Waals surface area contributed by atoms with Crippen LogP contribution in [0.3, 0.4) is 0 Å². The lowest BCUT2D eigenvalue weighted by molar-refractivity contribution is -0.185. The lowest BCUT2D eigenvalue weighted by Crippen LogP contribution is -2.42. The molecule has 0 aromatic carbocycles. The summed E-state index contributed by atoms with van der Waals surface area (Å²) in [6, 6.07) is 0. The molecule has 3 nitrogen and oxygen atoms in total. The summed E-state index contributed by atoms with van der Waals surface area (Å²) in [5.74, 6) is -0.981. The Hall–Kier alpha value is -0.120. The Labute approximate surface area is 79.0 Å². The van der Waals surface area contributed by atoms with Crippen LogP contribution < -0.4 is 0 Å². The fourth-order valence-electron chi connectivity index (χ4n) is 2.76. The van der Waals surface area contributed by atoms with Gasteiger partial charge in [0, 0.05) is 13.5 Å². The van der Waals surface area contributed by atoms with Crippen LogP contribution in [0.15, 0.2) is 0 Å². The monoisotopic (exact) mass is 186 g/mol. The molecule has 0 amide bonds. The Bertz CT molecular complexity index is 202. The highest BCUT2D eigenvalue weighted by atomic mass is 16.7. The number of methoxy groups -OCH3 is 1. The molecular weight excluding hydrogens is 168 g/mol. The third kappa shape index (κ3) is 1.49. The Balaban J connectivity index is 2.19. The van der Waals surface area contributed by atoms with Crippen molar-refractivity contribution in [1.82, 2.24) is 0 Å². The second-order valence-electron chi connectivity index (χ2n) is 4.47. The zero-order valence-electron chi connectivity index (χ0n) is 8.38. The molecule has 1 heterocycles. The van der Waals surface area contributed by atoms with Crippen LogP contribution in [0.2, 0.25) is 0 Å². The molecule has 0 radical (unpaired) electrons. The van der Waals surface area contributed by atoms with Gasteiger partial charge in [-0.25, -0.2) is 0 Å². The minimum Gasteiger partial charge on any atom is -0.375 e. The number of fused-ring (bicyclic) bond motifs is 1. The van der Waals surface area contributed by atoms with Crippen LogP contribution in [0, 0.1) is 0 Å². The molecule has 0 aromatic rings. The molecule has 76 valence electrons. The van der Waals surface area contributed by atoms with E-state index in [2.05, 4.69) is 0 Å². The molecule has 1 saturated carbocycles. The average molecular weight is 186 g/mol. The third-order valence-electron chi connectivity index (χ3n) is 3.33. The molecule has 1 aliphatic heterocycles. The Kier molecular flexibility index (Phi) is 2.13. The number of aliphatic hydroxyl groups is 1. The number of hydrogen-bond donors (Lipinski definition) is 1. The maximum absolute atomic E-state index is 9.82. The van der Waals surface area contributed by atoms with E-state index in [9.17, 15) is 5.11 Å². The molecule has 2 fully saturated rings. The normalized spacial score (nSPS) is 50.5. The third-order valence-corrected chi connectivity index (χ3v) is 3.33. The van der Waals surface area contributed by atoms with Gasteiger partial charge in [-0.2, -0.15) is 0 Å². The quantitative estimate of drug-likeness (QED) is 0.673. The van der Waals surface area contributed by atoms with E-state index in [1.165, 1.54) is 12.8 Å². The van der Waals surface area contributed by atoms with Gasteiger partial charge in [-0.1, -0.05) is 12.8 Å². The maximum Gasteiger partial charge on any atom is 0.165 e. The first-order valence-corrected chi connectivity index (χ1v) is 5.03. The largest absolute Gasteiger partial charge is 0.375 e. The lowest BCUT2D eigenvalue weighted by Gasteiger charge is -2.36. The summed E-state index contributed by atoms with van der Waals surface area (Å²) in [6.45, 7) is 1.73. The first-order chi connectivity index (χ1) is 6.08. The zero-order valence-corrected chi connectivity index (χ0v) is 8.38. The molecule has 1 saturated heterocycles. The fourth-order valence-corrected chi connectivity index (χ4v) is 2.76. The van der Waals surface area contributed by atoms with E-state index in [-0.39, 0.29) is 11.7 Å². The average Bonchev–Trinajstić information content (AvgIpc) is 2.35. The number of rotatable bonds is 1. The second-order valence-corrected chi connectivity index (χ2v) is 4.47. The predicted octanol–water partition coefficient (Wildman–Crippen LogP) is 1.44. The molecule has 3 heteroatoms. The maximum atomic E-state index is 9.82. The van der Waals surface area contributed by atoms with Crippen molar-refractivity contribution in [3.8, 4) is 0 Å². The molecule has 1 aliphatic carbocycles. The smallest absolute Gasteiger partial charge is 0.165 e. The van der Waals surface area contributed by atoms with Gasteiger partial charge in [0.1, 0.15) is 0 Å². The van der Waals surface area contributed by atoms with E-state index in [0.29, 0.717) is 6.42 Å². The molecular formula is C10H18O3. The Morgan fingerprint density at radius 1 is 1.46 bits per heavy atom. The van der Waals surface area contributed by atoms with E-state index in [1.807, 2.05) is 0 Å². The van der Waals surface area contributed by atoms with E-state index in [4.69, 9.17) is 9.47 Å². The molecule has 3 unspecified atom stereocenters. The van der Waals surface area contributed by atoms with Crippen molar-refractivity contribution in [2.75, 3.05) is 7.11 Å². The summed E-state index contributed by atoms with van der Waals surface area (Å²) in [5, 5.41) is 9.82. The highest BCUT2D eigenvalue weighted by Crippen LogP contribution is 2.46. The van der Waals surface area contributed by atoms with Gasteiger partial charge in [0.15, 0.2) is 5.79 Å². The predicted molar refractivity (Wildman–Crippen MR) is 48.3 cm³/mol. The molecule has 0 bridgehead atoms. The van der Waals surface area contributed by atoms with E-state index in [1.54, 1.807) is 14.0 Å². The van der Waals surface area contributed by atoms with Crippen LogP contribution >= 0.6 is 0 Å². The topological polar surface area (TPSA) is 38.7 Å². The van der Waals surface area contributed by atoms with Gasteiger partial charge in [-0.3, -0.25) is 0 Å². The summed E-state index contributed by atoms with van der Waals surface area (Å²) in [5.41, 5.74) is -0.207. The van der Waals surface area contributed by atoms with Gasteiger partial charge in [-0.15, -0.1) is 0 Å². The van der Waals surface area contributed by atoms with Crippen molar-refractivity contribution >= 4 is 0 Å². The van der Waals surface area contributed by atoms with Crippen LogP contribution in [-0.2, 0) is 9.47 Å². The standard InChI is InChI=1S/C10H18O3/c1-9(11)7-10(12-2)6-4-3-5-8(10)13-9/h8,11H,3-7H2,1-2H3. The van der Waals surface area contributed by atoms with Crippen molar-refractivity contribution < 1.29 is 14.6 Å². The van der Waals surface area contributed by atoms with Gasteiger partial charge >= 0.3 is 0 Å². The van der Waals surface area contributed by atoms with Crippen molar-refractivity contribution in [1.29, 1.82) is 0 Å². The Morgan fingerprint density at radius 3 is 2.85 bits per heavy atom. The lowest BCUT2D eigenvalue weighted by atomic mass is 9.80. The highest BCUT2D eigenvalue weighted by molar-refractivity contribution is 5.01. The minimum absolute atomic E-state index is 0.0984. The van der Waals surface area contributed by atoms with Crippen LogP contribution in [0.25, 0.3) is 0 Å². The van der Waals surface area contributed by atoms with Crippen LogP contribution in [0.4, 0.5) is 0 Å². The first kappa shape index (κ1) is 9.44. The molecule has 13 heavy (non-hydrogen) atoms. The van der Waals surface area contributed by atoms with Gasteiger partial charge in [0.05, 0.1) is 11.7 Å². The first-order valence-electron chi connectivity index (χ1n) is 5.03. The van der Waals surface area contributed by atoms with Crippen LogP contribution in [0.5, 0.6) is 0 Å². The molecule has 1 N–H and O–H groups in total. The van der Waals surface area contributed by atoms with Crippen molar-refractivity contribution in [2.45, 2.75) is 56.5 Å². The van der Waals surface area contributed by atoms with Crippen molar-refractivity contribution in [3.63, 3.8) is 0 Å². The van der Waals surface area contributed by atoms with Gasteiger partial charge < -0.3 is 14.6 Å². The molecule has 0 aromatic heterocycles. The van der Waals surface area contributed by atoms with E-state index in [0.717, 1.165) is 12.8 Å². The summed E-state index contributed by atoms with van der Waals surface area (Å²) >= 11 is 0. The summed E-state index contributed by atoms with van der Waals surface area (Å²) in [4.78, 5) is 0. The van der Waals surface area contributed by atoms with E-state index >= 15 is 0 Å². The molecule has 2 rings (SSSR count). The highest BCUT2D eigenvalue weighted by Gasteiger charge is 2.54. The number of hydrogen-bond acceptors (Lipinski definition) is 3. The summed E-state index contributed by atoms with van der Waals surface area (Å²) < 4.78 is 11.1. The second kappa shape index (κ2) is 2.94. The minimum atomic E-state index is -0.981. The molecule has 2 aliphatic rings. The van der Waals surface area contributed by atoms with E-state index < -0.39 is 5.79 Å². The van der Waals surface area contributed by atoms with Crippen LogP contribution in [-0.4, -0.2) is 29.7 Å². The molecule has 0 spiro atoms. The Morgan fingerprint density at radius 2 is 2.23 bits per heavy atom.